The SMILES string of the molecule is CC.C[C@@]12CC=C3c4ccccc4CC[C@@H]3[C@H]1CCC2O. The van der Waals surface area contributed by atoms with E-state index in [1.807, 2.05) is 13.8 Å². The lowest BCUT2D eigenvalue weighted by molar-refractivity contribution is 0.0251. The first-order valence-electron chi connectivity index (χ1n) is 8.66. The van der Waals surface area contributed by atoms with Gasteiger partial charge in [0, 0.05) is 5.41 Å². The zero-order chi connectivity index (χ0) is 15.0. The van der Waals surface area contributed by atoms with Crippen molar-refractivity contribution in [3.63, 3.8) is 0 Å². The van der Waals surface area contributed by atoms with Gasteiger partial charge in [0.25, 0.3) is 0 Å². The van der Waals surface area contributed by atoms with Crippen LogP contribution in [0.25, 0.3) is 5.57 Å². The molecule has 21 heavy (non-hydrogen) atoms. The summed E-state index contributed by atoms with van der Waals surface area (Å²) in [6.45, 7) is 6.31. The van der Waals surface area contributed by atoms with Crippen LogP contribution in [0.3, 0.4) is 0 Å². The lowest BCUT2D eigenvalue weighted by Gasteiger charge is -2.45. The Labute approximate surface area is 129 Å². The largest absolute Gasteiger partial charge is 0.393 e. The highest BCUT2D eigenvalue weighted by Crippen LogP contribution is 2.58. The molecule has 1 N–H and O–H groups in total. The van der Waals surface area contributed by atoms with Gasteiger partial charge >= 0.3 is 0 Å². The van der Waals surface area contributed by atoms with E-state index in [1.54, 1.807) is 5.57 Å². The summed E-state index contributed by atoms with van der Waals surface area (Å²) in [5, 5.41) is 10.3. The maximum atomic E-state index is 10.3. The number of rotatable bonds is 0. The quantitative estimate of drug-likeness (QED) is 0.723. The number of aryl methyl sites for hydroxylation is 1. The minimum atomic E-state index is -0.0903. The van der Waals surface area contributed by atoms with Gasteiger partial charge in [-0.05, 0) is 60.6 Å². The van der Waals surface area contributed by atoms with Crippen molar-refractivity contribution in [3.05, 3.63) is 41.5 Å². The van der Waals surface area contributed by atoms with Crippen molar-refractivity contribution in [2.75, 3.05) is 0 Å². The summed E-state index contributed by atoms with van der Waals surface area (Å²) in [5.41, 5.74) is 4.73. The standard InChI is InChI=1S/C18H22O.C2H6/c1-18-11-10-14-13-5-3-2-4-12(13)6-7-15(14)16(18)8-9-17(18)19;1-2/h2-5,10,15-17,19H,6-9,11H2,1H3;1-2H3/t15-,16+,17?,18+;/m0./s1. The summed E-state index contributed by atoms with van der Waals surface area (Å²) < 4.78 is 0. The van der Waals surface area contributed by atoms with Gasteiger partial charge in [-0.2, -0.15) is 0 Å². The smallest absolute Gasteiger partial charge is 0.0599 e. The molecule has 3 aliphatic rings. The monoisotopic (exact) mass is 284 g/mol. The van der Waals surface area contributed by atoms with Crippen LogP contribution in [-0.4, -0.2) is 11.2 Å². The maximum Gasteiger partial charge on any atom is 0.0599 e. The van der Waals surface area contributed by atoms with Crippen molar-refractivity contribution in [2.45, 2.75) is 59.0 Å². The van der Waals surface area contributed by atoms with Crippen LogP contribution in [0.5, 0.6) is 0 Å². The minimum absolute atomic E-state index is 0.0903. The number of hydrogen-bond donors (Lipinski definition) is 1. The average Bonchev–Trinajstić information content (AvgIpc) is 2.85. The van der Waals surface area contributed by atoms with Gasteiger partial charge < -0.3 is 5.11 Å². The van der Waals surface area contributed by atoms with E-state index < -0.39 is 0 Å². The molecular formula is C20H28O. The van der Waals surface area contributed by atoms with E-state index in [4.69, 9.17) is 0 Å². The molecule has 1 nitrogen and oxygen atoms in total. The molecule has 0 bridgehead atoms. The van der Waals surface area contributed by atoms with Crippen molar-refractivity contribution >= 4 is 5.57 Å². The molecule has 0 radical (unpaired) electrons. The predicted molar refractivity (Wildman–Crippen MR) is 89.0 cm³/mol. The highest BCUT2D eigenvalue weighted by Gasteiger charge is 2.51. The number of hydrogen-bond acceptors (Lipinski definition) is 1. The van der Waals surface area contributed by atoms with Crippen LogP contribution in [0.4, 0.5) is 0 Å². The molecule has 114 valence electrons. The summed E-state index contributed by atoms with van der Waals surface area (Å²) in [4.78, 5) is 0. The lowest BCUT2D eigenvalue weighted by Crippen LogP contribution is -2.39. The Morgan fingerprint density at radius 2 is 1.86 bits per heavy atom. The van der Waals surface area contributed by atoms with E-state index in [2.05, 4.69) is 37.3 Å². The first kappa shape index (κ1) is 14.8. The summed E-state index contributed by atoms with van der Waals surface area (Å²) in [7, 11) is 0. The summed E-state index contributed by atoms with van der Waals surface area (Å²) in [6, 6.07) is 8.90. The Balaban J connectivity index is 0.000000636. The third kappa shape index (κ3) is 2.17. The summed E-state index contributed by atoms with van der Waals surface area (Å²) in [5.74, 6) is 1.38. The molecule has 0 amide bonds. The van der Waals surface area contributed by atoms with Crippen LogP contribution in [0.15, 0.2) is 30.3 Å². The van der Waals surface area contributed by atoms with E-state index >= 15 is 0 Å². The lowest BCUT2D eigenvalue weighted by atomic mass is 9.60. The topological polar surface area (TPSA) is 20.2 Å². The number of fused-ring (bicyclic) bond motifs is 5. The normalized spacial score (nSPS) is 36.6. The summed E-state index contributed by atoms with van der Waals surface area (Å²) >= 11 is 0. The van der Waals surface area contributed by atoms with Gasteiger partial charge in [-0.1, -0.05) is 51.1 Å². The Bertz CT molecular complexity index is 545. The zero-order valence-electron chi connectivity index (χ0n) is 13.6. The zero-order valence-corrected chi connectivity index (χ0v) is 13.6. The van der Waals surface area contributed by atoms with Gasteiger partial charge in [-0.15, -0.1) is 0 Å². The van der Waals surface area contributed by atoms with Gasteiger partial charge in [0.05, 0.1) is 6.10 Å². The molecule has 1 aromatic carbocycles. The van der Waals surface area contributed by atoms with Crippen molar-refractivity contribution in [1.29, 1.82) is 0 Å². The highest BCUT2D eigenvalue weighted by atomic mass is 16.3. The third-order valence-electron chi connectivity index (χ3n) is 6.06. The Hall–Kier alpha value is -1.08. The number of aliphatic hydroxyl groups is 1. The second kappa shape index (κ2) is 5.61. The Morgan fingerprint density at radius 3 is 2.67 bits per heavy atom. The molecule has 1 unspecified atom stereocenters. The van der Waals surface area contributed by atoms with Crippen molar-refractivity contribution in [2.24, 2.45) is 17.3 Å². The van der Waals surface area contributed by atoms with Gasteiger partial charge in [-0.3, -0.25) is 0 Å². The summed E-state index contributed by atoms with van der Waals surface area (Å²) in [6.07, 6.45) is 8.10. The van der Waals surface area contributed by atoms with Crippen LogP contribution in [-0.2, 0) is 6.42 Å². The second-order valence-corrected chi connectivity index (χ2v) is 6.87. The van der Waals surface area contributed by atoms with E-state index in [0.717, 1.165) is 12.8 Å². The van der Waals surface area contributed by atoms with Crippen molar-refractivity contribution in [1.82, 2.24) is 0 Å². The molecule has 4 atom stereocenters. The molecule has 0 saturated heterocycles. The van der Waals surface area contributed by atoms with E-state index in [1.165, 1.54) is 30.4 Å². The van der Waals surface area contributed by atoms with Gasteiger partial charge in [-0.25, -0.2) is 0 Å². The molecule has 1 heteroatoms. The molecular weight excluding hydrogens is 256 g/mol. The van der Waals surface area contributed by atoms with E-state index in [0.29, 0.717) is 11.8 Å². The highest BCUT2D eigenvalue weighted by molar-refractivity contribution is 5.73. The van der Waals surface area contributed by atoms with Crippen LogP contribution in [0.1, 0.15) is 57.6 Å². The molecule has 4 rings (SSSR count). The van der Waals surface area contributed by atoms with Gasteiger partial charge in [0.2, 0.25) is 0 Å². The van der Waals surface area contributed by atoms with Crippen LogP contribution >= 0.6 is 0 Å². The second-order valence-electron chi connectivity index (χ2n) is 6.87. The molecule has 1 saturated carbocycles. The fraction of sp³-hybridized carbons (Fsp3) is 0.600. The number of benzene rings is 1. The first-order chi connectivity index (χ1) is 10.2. The molecule has 0 aromatic heterocycles. The number of aliphatic hydroxyl groups excluding tert-OH is 1. The van der Waals surface area contributed by atoms with Crippen LogP contribution in [0.2, 0.25) is 0 Å². The molecule has 1 aromatic rings. The number of allylic oxidation sites excluding steroid dienone is 2. The van der Waals surface area contributed by atoms with Crippen LogP contribution < -0.4 is 0 Å². The first-order valence-corrected chi connectivity index (χ1v) is 8.66. The molecule has 0 spiro atoms. The van der Waals surface area contributed by atoms with Gasteiger partial charge in [0.15, 0.2) is 0 Å². The van der Waals surface area contributed by atoms with E-state index in [9.17, 15) is 5.11 Å². The third-order valence-corrected chi connectivity index (χ3v) is 6.06. The predicted octanol–water partition coefficient (Wildman–Crippen LogP) is 4.84. The van der Waals surface area contributed by atoms with E-state index in [-0.39, 0.29) is 11.5 Å². The van der Waals surface area contributed by atoms with Crippen LogP contribution in [0, 0.1) is 17.3 Å². The van der Waals surface area contributed by atoms with Gasteiger partial charge in [0.1, 0.15) is 0 Å². The molecule has 1 fully saturated rings. The fourth-order valence-corrected chi connectivity index (χ4v) is 4.89. The minimum Gasteiger partial charge on any atom is -0.393 e. The van der Waals surface area contributed by atoms with Crippen molar-refractivity contribution < 1.29 is 5.11 Å². The Kier molecular flexibility index (Phi) is 3.96. The Morgan fingerprint density at radius 1 is 1.10 bits per heavy atom. The molecule has 0 heterocycles. The average molecular weight is 284 g/mol. The molecule has 0 aliphatic heterocycles. The van der Waals surface area contributed by atoms with Crippen molar-refractivity contribution in [3.8, 4) is 0 Å². The maximum absolute atomic E-state index is 10.3. The fourth-order valence-electron chi connectivity index (χ4n) is 4.89. The molecule has 3 aliphatic carbocycles.